The molecule has 3 fully saturated rings. The molecule has 1 spiro atoms. The van der Waals surface area contributed by atoms with Gasteiger partial charge in [-0.25, -0.2) is 8.42 Å². The molecule has 0 bridgehead atoms. The fourth-order valence-electron chi connectivity index (χ4n) is 7.02. The van der Waals surface area contributed by atoms with Crippen LogP contribution >= 0.6 is 11.6 Å². The van der Waals surface area contributed by atoms with Gasteiger partial charge >= 0.3 is 0 Å². The lowest BCUT2D eigenvalue weighted by atomic mass is 9.89. The quantitative estimate of drug-likeness (QED) is 0.355. The third-order valence-corrected chi connectivity index (χ3v) is 11.7. The number of likely N-dealkylation sites (tertiary alicyclic amines) is 2. The molecule has 2 aromatic carbocycles. The van der Waals surface area contributed by atoms with Crippen LogP contribution in [0.2, 0.25) is 5.02 Å². The lowest BCUT2D eigenvalue weighted by Gasteiger charge is -2.44. The molecule has 3 heterocycles. The van der Waals surface area contributed by atoms with Gasteiger partial charge in [-0.3, -0.25) is 4.79 Å². The summed E-state index contributed by atoms with van der Waals surface area (Å²) in [6.45, 7) is 10.9. The van der Waals surface area contributed by atoms with E-state index in [1.54, 1.807) is 35.5 Å². The Bertz CT molecular complexity index is 1560. The topological polar surface area (TPSA) is 87.0 Å². The van der Waals surface area contributed by atoms with Crippen LogP contribution in [0.4, 0.5) is 0 Å². The van der Waals surface area contributed by atoms with Crippen molar-refractivity contribution in [3.05, 3.63) is 58.4 Å². The minimum Gasteiger partial charge on any atom is -0.361 e. The van der Waals surface area contributed by atoms with E-state index in [-0.39, 0.29) is 23.4 Å². The maximum absolute atomic E-state index is 14.4. The molecule has 6 rings (SSSR count). The third kappa shape index (κ3) is 5.09. The Balaban J connectivity index is 1.32. The molecule has 1 aromatic heterocycles. The first-order valence-corrected chi connectivity index (χ1v) is 16.5. The predicted molar refractivity (Wildman–Crippen MR) is 159 cm³/mol. The number of sulfonamides is 1. The Morgan fingerprint density at radius 2 is 1.80 bits per heavy atom. The highest BCUT2D eigenvalue weighted by Gasteiger charge is 2.66. The standard InChI is InChI=1S/C31H39ClN4O4S/c1-20(2)34-14-10-26(11-15-34)35-13-5-12-31(30(35)37)18-29(31)36(19-28-21(3)33-40-22(28)4)41(38,39)27-9-7-23-16-25(32)8-6-24(23)17-27/h6-9,16-17,20,26,29H,5,10-15,18-19H2,1-4H3/t29?,31-/m0/s1. The molecule has 2 aliphatic heterocycles. The van der Waals surface area contributed by atoms with E-state index in [1.807, 2.05) is 19.1 Å². The molecule has 220 valence electrons. The van der Waals surface area contributed by atoms with Gasteiger partial charge in [-0.05, 0) is 94.8 Å². The molecule has 10 heteroatoms. The molecule has 3 aliphatic rings. The van der Waals surface area contributed by atoms with E-state index in [0.717, 1.165) is 55.2 Å². The van der Waals surface area contributed by atoms with Gasteiger partial charge in [0.2, 0.25) is 15.9 Å². The molecule has 1 saturated carbocycles. The third-order valence-electron chi connectivity index (χ3n) is 9.64. The number of fused-ring (bicyclic) bond motifs is 1. The Hall–Kier alpha value is -2.46. The number of hydrogen-bond donors (Lipinski definition) is 0. The predicted octanol–water partition coefficient (Wildman–Crippen LogP) is 5.54. The molecule has 1 amide bonds. The molecule has 0 radical (unpaired) electrons. The number of carbonyl (C=O) groups excluding carboxylic acids is 1. The molecule has 2 saturated heterocycles. The van der Waals surface area contributed by atoms with Crippen molar-refractivity contribution < 1.29 is 17.7 Å². The van der Waals surface area contributed by atoms with Crippen LogP contribution in [0.3, 0.4) is 0 Å². The molecule has 8 nitrogen and oxygen atoms in total. The molecular formula is C31H39ClN4O4S. The Labute approximate surface area is 247 Å². The van der Waals surface area contributed by atoms with Crippen molar-refractivity contribution in [2.24, 2.45) is 5.41 Å². The molecule has 2 atom stereocenters. The van der Waals surface area contributed by atoms with E-state index in [2.05, 4.69) is 28.8 Å². The van der Waals surface area contributed by atoms with Crippen molar-refractivity contribution in [2.45, 2.75) is 89.4 Å². The highest BCUT2D eigenvalue weighted by Crippen LogP contribution is 2.58. The largest absolute Gasteiger partial charge is 0.361 e. The van der Waals surface area contributed by atoms with Crippen LogP contribution in [-0.2, 0) is 21.4 Å². The summed E-state index contributed by atoms with van der Waals surface area (Å²) >= 11 is 6.16. The lowest BCUT2D eigenvalue weighted by Crippen LogP contribution is -2.54. The van der Waals surface area contributed by atoms with Crippen LogP contribution in [0.1, 0.15) is 63.0 Å². The number of aromatic nitrogens is 1. The van der Waals surface area contributed by atoms with Crippen LogP contribution in [0.15, 0.2) is 45.8 Å². The summed E-state index contributed by atoms with van der Waals surface area (Å²) in [6, 6.07) is 10.9. The maximum Gasteiger partial charge on any atom is 0.243 e. The second-order valence-electron chi connectivity index (χ2n) is 12.3. The van der Waals surface area contributed by atoms with Crippen LogP contribution in [0.25, 0.3) is 10.8 Å². The number of piperidine rings is 2. The molecule has 0 N–H and O–H groups in total. The lowest BCUT2D eigenvalue weighted by molar-refractivity contribution is -0.144. The summed E-state index contributed by atoms with van der Waals surface area (Å²) in [6.07, 6.45) is 4.07. The molecular weight excluding hydrogens is 560 g/mol. The second-order valence-corrected chi connectivity index (χ2v) is 14.7. The van der Waals surface area contributed by atoms with E-state index >= 15 is 0 Å². The van der Waals surface area contributed by atoms with Gasteiger partial charge in [0, 0.05) is 54.9 Å². The van der Waals surface area contributed by atoms with Crippen LogP contribution < -0.4 is 0 Å². The molecule has 3 aromatic rings. The highest BCUT2D eigenvalue weighted by atomic mass is 35.5. The number of carbonyl (C=O) groups is 1. The summed E-state index contributed by atoms with van der Waals surface area (Å²) in [5.74, 6) is 0.725. The average molecular weight is 599 g/mol. The highest BCUT2D eigenvalue weighted by molar-refractivity contribution is 7.89. The zero-order valence-electron chi connectivity index (χ0n) is 24.3. The second kappa shape index (κ2) is 10.7. The number of halogens is 1. The minimum absolute atomic E-state index is 0.120. The normalized spacial score (nSPS) is 24.3. The molecule has 1 aliphatic carbocycles. The summed E-state index contributed by atoms with van der Waals surface area (Å²) in [4.78, 5) is 19.0. The number of aryl methyl sites for hydroxylation is 2. The molecule has 1 unspecified atom stereocenters. The average Bonchev–Trinajstić information content (AvgIpc) is 3.57. The van der Waals surface area contributed by atoms with Gasteiger partial charge in [0.05, 0.1) is 16.0 Å². The Morgan fingerprint density at radius 1 is 1.10 bits per heavy atom. The SMILES string of the molecule is Cc1noc(C)c1CN(C1C[C@@]12CCCN(C1CCN(C(C)C)CC1)C2=O)S(=O)(=O)c1ccc2cc(Cl)ccc2c1. The smallest absolute Gasteiger partial charge is 0.243 e. The van der Waals surface area contributed by atoms with Crippen molar-refractivity contribution in [1.82, 2.24) is 19.3 Å². The number of hydrogen-bond acceptors (Lipinski definition) is 6. The van der Waals surface area contributed by atoms with Crippen molar-refractivity contribution in [1.29, 1.82) is 0 Å². The van der Waals surface area contributed by atoms with Crippen molar-refractivity contribution in [2.75, 3.05) is 19.6 Å². The summed E-state index contributed by atoms with van der Waals surface area (Å²) in [7, 11) is -3.95. The maximum atomic E-state index is 14.4. The van der Waals surface area contributed by atoms with E-state index < -0.39 is 21.5 Å². The zero-order chi connectivity index (χ0) is 29.1. The summed E-state index contributed by atoms with van der Waals surface area (Å²) in [5.41, 5.74) is 0.743. The fourth-order valence-corrected chi connectivity index (χ4v) is 8.90. The van der Waals surface area contributed by atoms with Crippen molar-refractivity contribution in [3.63, 3.8) is 0 Å². The first-order chi connectivity index (χ1) is 19.5. The van der Waals surface area contributed by atoms with E-state index in [0.29, 0.717) is 35.4 Å². The van der Waals surface area contributed by atoms with Gasteiger partial charge in [-0.1, -0.05) is 28.9 Å². The van der Waals surface area contributed by atoms with Gasteiger partial charge in [-0.2, -0.15) is 4.31 Å². The first kappa shape index (κ1) is 28.6. The monoisotopic (exact) mass is 598 g/mol. The van der Waals surface area contributed by atoms with Crippen LogP contribution in [0.5, 0.6) is 0 Å². The fraction of sp³-hybridized carbons (Fsp3) is 0.548. The van der Waals surface area contributed by atoms with E-state index in [4.69, 9.17) is 16.1 Å². The Kier molecular flexibility index (Phi) is 7.46. The van der Waals surface area contributed by atoms with E-state index in [9.17, 15) is 13.2 Å². The van der Waals surface area contributed by atoms with Gasteiger partial charge in [-0.15, -0.1) is 0 Å². The van der Waals surface area contributed by atoms with Gasteiger partial charge in [0.1, 0.15) is 5.76 Å². The number of benzene rings is 2. The Morgan fingerprint density at radius 3 is 2.49 bits per heavy atom. The van der Waals surface area contributed by atoms with Crippen LogP contribution in [-0.4, -0.2) is 71.3 Å². The summed E-state index contributed by atoms with van der Waals surface area (Å²) < 4.78 is 35.8. The van der Waals surface area contributed by atoms with Gasteiger partial charge in [0.25, 0.3) is 0 Å². The van der Waals surface area contributed by atoms with Crippen LogP contribution in [0, 0.1) is 19.3 Å². The molecule has 41 heavy (non-hydrogen) atoms. The minimum atomic E-state index is -3.95. The van der Waals surface area contributed by atoms with Crippen molar-refractivity contribution in [3.8, 4) is 0 Å². The zero-order valence-corrected chi connectivity index (χ0v) is 25.8. The summed E-state index contributed by atoms with van der Waals surface area (Å²) in [5, 5.41) is 6.35. The number of nitrogens with zero attached hydrogens (tertiary/aromatic N) is 4. The van der Waals surface area contributed by atoms with Crippen molar-refractivity contribution >= 4 is 38.3 Å². The van der Waals surface area contributed by atoms with Gasteiger partial charge in [0.15, 0.2) is 0 Å². The van der Waals surface area contributed by atoms with Gasteiger partial charge < -0.3 is 14.3 Å². The first-order valence-electron chi connectivity index (χ1n) is 14.7. The number of rotatable bonds is 7. The van der Waals surface area contributed by atoms with E-state index in [1.165, 1.54) is 0 Å². The number of amides is 1.